The average Bonchev–Trinajstić information content (AvgIpc) is 2.79. The largest absolute Gasteiger partial charge is 0.371 e. The van der Waals surface area contributed by atoms with Crippen molar-refractivity contribution in [3.05, 3.63) is 35.6 Å². The molecule has 2 atom stereocenters. The van der Waals surface area contributed by atoms with E-state index < -0.39 is 0 Å². The lowest BCUT2D eigenvalue weighted by molar-refractivity contribution is 0.00399. The highest BCUT2D eigenvalue weighted by Crippen LogP contribution is 2.41. The Kier molecular flexibility index (Phi) is 3.59. The van der Waals surface area contributed by atoms with E-state index in [2.05, 4.69) is 12.2 Å². The van der Waals surface area contributed by atoms with Crippen molar-refractivity contribution >= 4 is 0 Å². The molecule has 3 heteroatoms. The van der Waals surface area contributed by atoms with Gasteiger partial charge in [-0.15, -0.1) is 0 Å². The van der Waals surface area contributed by atoms with Crippen LogP contribution >= 0.6 is 0 Å². The van der Waals surface area contributed by atoms with E-state index in [1.165, 1.54) is 31.7 Å². The summed E-state index contributed by atoms with van der Waals surface area (Å²) < 4.78 is 19.5. The maximum absolute atomic E-state index is 13.4. The van der Waals surface area contributed by atoms with Crippen LogP contribution in [0.2, 0.25) is 0 Å². The number of ether oxygens (including phenoxy) is 1. The Morgan fingerprint density at radius 1 is 1.32 bits per heavy atom. The smallest absolute Gasteiger partial charge is 0.123 e. The van der Waals surface area contributed by atoms with Crippen LogP contribution in [0.4, 0.5) is 4.39 Å². The van der Waals surface area contributed by atoms with Crippen molar-refractivity contribution < 1.29 is 9.13 Å². The molecule has 1 aromatic rings. The molecule has 1 spiro atoms. The summed E-state index contributed by atoms with van der Waals surface area (Å²) in [5, 5.41) is 3.60. The monoisotopic (exact) mass is 263 g/mol. The summed E-state index contributed by atoms with van der Waals surface area (Å²) >= 11 is 0. The minimum atomic E-state index is -0.187. The van der Waals surface area contributed by atoms with E-state index in [0.29, 0.717) is 5.41 Å². The van der Waals surface area contributed by atoms with Gasteiger partial charge in [-0.3, -0.25) is 0 Å². The van der Waals surface area contributed by atoms with E-state index in [0.717, 1.165) is 18.7 Å². The molecule has 104 valence electrons. The third kappa shape index (κ3) is 2.67. The van der Waals surface area contributed by atoms with Gasteiger partial charge >= 0.3 is 0 Å². The second kappa shape index (κ2) is 5.22. The topological polar surface area (TPSA) is 21.3 Å². The Hall–Kier alpha value is -0.930. The minimum absolute atomic E-state index is 0.0457. The second-order valence-electron chi connectivity index (χ2n) is 6.16. The Morgan fingerprint density at radius 3 is 2.84 bits per heavy atom. The Balaban J connectivity index is 1.79. The third-order valence-electron chi connectivity index (χ3n) is 4.66. The molecule has 1 heterocycles. The van der Waals surface area contributed by atoms with Crippen molar-refractivity contribution in [1.82, 2.24) is 5.32 Å². The van der Waals surface area contributed by atoms with Crippen molar-refractivity contribution in [3.63, 3.8) is 0 Å². The van der Waals surface area contributed by atoms with Gasteiger partial charge in [0.05, 0.1) is 12.7 Å². The standard InChI is InChI=1S/C16H22FNO/c1-12-15(13-5-4-6-14(17)9-13)19-11-16(10-18-12)7-2-3-8-16/h4-6,9,12,15,18H,2-3,7-8,10-11H2,1H3. The Morgan fingerprint density at radius 2 is 2.11 bits per heavy atom. The molecule has 0 radical (unpaired) electrons. The zero-order valence-electron chi connectivity index (χ0n) is 11.5. The fourth-order valence-corrected chi connectivity index (χ4v) is 3.46. The molecule has 19 heavy (non-hydrogen) atoms. The number of rotatable bonds is 1. The summed E-state index contributed by atoms with van der Waals surface area (Å²) in [4.78, 5) is 0. The van der Waals surface area contributed by atoms with Crippen LogP contribution < -0.4 is 5.32 Å². The summed E-state index contributed by atoms with van der Waals surface area (Å²) in [6.45, 7) is 3.95. The minimum Gasteiger partial charge on any atom is -0.371 e. The summed E-state index contributed by atoms with van der Waals surface area (Å²) in [6.07, 6.45) is 5.08. The van der Waals surface area contributed by atoms with Crippen LogP contribution in [0.3, 0.4) is 0 Å². The summed E-state index contributed by atoms with van der Waals surface area (Å²) in [5.41, 5.74) is 1.26. The molecule has 3 rings (SSSR count). The fourth-order valence-electron chi connectivity index (χ4n) is 3.46. The number of halogens is 1. The zero-order chi connectivity index (χ0) is 13.3. The van der Waals surface area contributed by atoms with Crippen molar-refractivity contribution in [1.29, 1.82) is 0 Å². The maximum Gasteiger partial charge on any atom is 0.123 e. The maximum atomic E-state index is 13.4. The lowest BCUT2D eigenvalue weighted by Crippen LogP contribution is -2.36. The van der Waals surface area contributed by atoms with Gasteiger partial charge in [0.25, 0.3) is 0 Å². The van der Waals surface area contributed by atoms with Gasteiger partial charge in [0.15, 0.2) is 0 Å². The molecule has 1 aromatic carbocycles. The normalized spacial score (nSPS) is 30.4. The molecule has 2 fully saturated rings. The molecule has 2 nitrogen and oxygen atoms in total. The van der Waals surface area contributed by atoms with Crippen molar-refractivity contribution in [3.8, 4) is 0 Å². The summed E-state index contributed by atoms with van der Waals surface area (Å²) in [6, 6.07) is 7.02. The highest BCUT2D eigenvalue weighted by atomic mass is 19.1. The predicted octanol–water partition coefficient (Wildman–Crippen LogP) is 3.44. The quantitative estimate of drug-likeness (QED) is 0.838. The molecular formula is C16H22FNO. The first-order valence-corrected chi connectivity index (χ1v) is 7.29. The highest BCUT2D eigenvalue weighted by molar-refractivity contribution is 5.20. The van der Waals surface area contributed by atoms with Gasteiger partial charge in [-0.2, -0.15) is 0 Å². The first-order valence-electron chi connectivity index (χ1n) is 7.29. The third-order valence-corrected chi connectivity index (χ3v) is 4.66. The van der Waals surface area contributed by atoms with E-state index in [4.69, 9.17) is 4.74 Å². The lowest BCUT2D eigenvalue weighted by Gasteiger charge is -2.26. The van der Waals surface area contributed by atoms with Gasteiger partial charge < -0.3 is 10.1 Å². The second-order valence-corrected chi connectivity index (χ2v) is 6.16. The van der Waals surface area contributed by atoms with Crippen LogP contribution in [0.25, 0.3) is 0 Å². The fraction of sp³-hybridized carbons (Fsp3) is 0.625. The number of nitrogens with one attached hydrogen (secondary N) is 1. The number of hydrogen-bond donors (Lipinski definition) is 1. The molecule has 0 bridgehead atoms. The van der Waals surface area contributed by atoms with Crippen LogP contribution in [0.5, 0.6) is 0 Å². The van der Waals surface area contributed by atoms with Crippen LogP contribution in [0, 0.1) is 11.2 Å². The van der Waals surface area contributed by atoms with E-state index >= 15 is 0 Å². The van der Waals surface area contributed by atoms with Gasteiger partial charge in [-0.05, 0) is 37.5 Å². The first kappa shape index (κ1) is 13.1. The lowest BCUT2D eigenvalue weighted by atomic mass is 9.87. The Labute approximate surface area is 114 Å². The number of hydrogen-bond acceptors (Lipinski definition) is 2. The molecule has 1 saturated carbocycles. The molecule has 1 saturated heterocycles. The van der Waals surface area contributed by atoms with Crippen molar-refractivity contribution in [2.24, 2.45) is 5.41 Å². The van der Waals surface area contributed by atoms with E-state index in [9.17, 15) is 4.39 Å². The van der Waals surface area contributed by atoms with E-state index in [1.54, 1.807) is 12.1 Å². The molecule has 1 N–H and O–H groups in total. The molecule has 1 aliphatic heterocycles. The molecule has 2 aliphatic rings. The van der Waals surface area contributed by atoms with Crippen molar-refractivity contribution in [2.75, 3.05) is 13.2 Å². The van der Waals surface area contributed by atoms with Crippen LogP contribution in [-0.2, 0) is 4.74 Å². The van der Waals surface area contributed by atoms with Gasteiger partial charge in [-0.1, -0.05) is 25.0 Å². The Bertz CT molecular complexity index is 442. The van der Waals surface area contributed by atoms with Crippen LogP contribution in [0.15, 0.2) is 24.3 Å². The van der Waals surface area contributed by atoms with Crippen LogP contribution in [-0.4, -0.2) is 19.2 Å². The van der Waals surface area contributed by atoms with E-state index in [-0.39, 0.29) is 18.0 Å². The first-order chi connectivity index (χ1) is 9.19. The highest BCUT2D eigenvalue weighted by Gasteiger charge is 2.38. The number of benzene rings is 1. The van der Waals surface area contributed by atoms with Crippen LogP contribution in [0.1, 0.15) is 44.3 Å². The molecule has 0 aromatic heterocycles. The van der Waals surface area contributed by atoms with E-state index in [1.807, 2.05) is 6.07 Å². The SMILES string of the molecule is CC1NCC2(CCCC2)COC1c1cccc(F)c1. The predicted molar refractivity (Wildman–Crippen MR) is 73.5 cm³/mol. The average molecular weight is 263 g/mol. The van der Waals surface area contributed by atoms with Gasteiger partial charge in [0.1, 0.15) is 5.82 Å². The van der Waals surface area contributed by atoms with Gasteiger partial charge in [0.2, 0.25) is 0 Å². The molecule has 2 unspecified atom stereocenters. The summed E-state index contributed by atoms with van der Waals surface area (Å²) in [5.74, 6) is -0.187. The molecule has 0 amide bonds. The molecular weight excluding hydrogens is 241 g/mol. The van der Waals surface area contributed by atoms with Crippen molar-refractivity contribution in [2.45, 2.75) is 44.8 Å². The van der Waals surface area contributed by atoms with Gasteiger partial charge in [0, 0.05) is 18.0 Å². The summed E-state index contributed by atoms with van der Waals surface area (Å²) in [7, 11) is 0. The van der Waals surface area contributed by atoms with Gasteiger partial charge in [-0.25, -0.2) is 4.39 Å². The molecule has 1 aliphatic carbocycles. The zero-order valence-corrected chi connectivity index (χ0v) is 11.5.